The monoisotopic (exact) mass is 258 g/mol. The molecule has 4 nitrogen and oxygen atoms in total. The second-order valence-electron chi connectivity index (χ2n) is 5.42. The molecule has 2 heterocycles. The number of benzene rings is 1. The van der Waals surface area contributed by atoms with Crippen molar-refractivity contribution < 1.29 is 9.53 Å². The molecule has 2 bridgehead atoms. The molecule has 100 valence electrons. The quantitative estimate of drug-likeness (QED) is 0.829. The van der Waals surface area contributed by atoms with E-state index in [0.717, 1.165) is 23.3 Å². The molecule has 0 aliphatic carbocycles. The minimum atomic E-state index is -0.595. The fraction of sp³-hybridized carbons (Fsp3) is 0.400. The molecule has 0 aromatic heterocycles. The number of nitrogens with one attached hydrogen (secondary N) is 1. The van der Waals surface area contributed by atoms with E-state index in [1.807, 2.05) is 32.0 Å². The molecular weight excluding hydrogens is 240 g/mol. The average Bonchev–Trinajstić information content (AvgIpc) is 2.33. The zero-order valence-corrected chi connectivity index (χ0v) is 11.3. The Kier molecular flexibility index (Phi) is 2.55. The van der Waals surface area contributed by atoms with Crippen LogP contribution in [0, 0.1) is 6.92 Å². The van der Waals surface area contributed by atoms with Crippen molar-refractivity contribution in [1.29, 1.82) is 0 Å². The fourth-order valence-electron chi connectivity index (χ4n) is 2.93. The number of carbonyl (C=O) groups is 1. The Bertz CT molecular complexity index is 555. The summed E-state index contributed by atoms with van der Waals surface area (Å²) in [5, 5.41) is 3.04. The number of aryl methyl sites for hydroxylation is 1. The van der Waals surface area contributed by atoms with Gasteiger partial charge in [0.2, 0.25) is 0 Å². The SMILES string of the molecule is C=CCN1C(=O)NC2CC1(C)Oc1cc(C)ccc12. The third kappa shape index (κ3) is 1.79. The van der Waals surface area contributed by atoms with Gasteiger partial charge in [-0.1, -0.05) is 18.2 Å². The van der Waals surface area contributed by atoms with E-state index in [1.54, 1.807) is 11.0 Å². The molecule has 4 heteroatoms. The topological polar surface area (TPSA) is 41.6 Å². The van der Waals surface area contributed by atoms with Gasteiger partial charge in [0.1, 0.15) is 5.75 Å². The molecule has 2 unspecified atom stereocenters. The summed E-state index contributed by atoms with van der Waals surface area (Å²) in [6.45, 7) is 8.19. The van der Waals surface area contributed by atoms with Crippen LogP contribution < -0.4 is 10.1 Å². The van der Waals surface area contributed by atoms with E-state index in [4.69, 9.17) is 4.74 Å². The van der Waals surface area contributed by atoms with Crippen LogP contribution in [0.25, 0.3) is 0 Å². The van der Waals surface area contributed by atoms with Crippen LogP contribution in [0.15, 0.2) is 30.9 Å². The Morgan fingerprint density at radius 2 is 2.42 bits per heavy atom. The van der Waals surface area contributed by atoms with Gasteiger partial charge in [0.05, 0.1) is 6.04 Å². The first-order chi connectivity index (χ1) is 9.03. The summed E-state index contributed by atoms with van der Waals surface area (Å²) < 4.78 is 6.12. The highest BCUT2D eigenvalue weighted by atomic mass is 16.5. The number of hydrogen-bond acceptors (Lipinski definition) is 2. The van der Waals surface area contributed by atoms with E-state index < -0.39 is 5.72 Å². The lowest BCUT2D eigenvalue weighted by molar-refractivity contribution is -0.0788. The summed E-state index contributed by atoms with van der Waals surface area (Å²) >= 11 is 0. The standard InChI is InChI=1S/C15H18N2O2/c1-4-7-17-14(18)16-12-9-15(17,3)19-13-8-10(2)5-6-11(12)13/h4-6,8,12H,1,7,9H2,2-3H3,(H,16,18). The van der Waals surface area contributed by atoms with Crippen molar-refractivity contribution in [2.45, 2.75) is 32.0 Å². The van der Waals surface area contributed by atoms with E-state index in [1.165, 1.54) is 0 Å². The van der Waals surface area contributed by atoms with Crippen molar-refractivity contribution in [1.82, 2.24) is 10.2 Å². The van der Waals surface area contributed by atoms with Gasteiger partial charge in [-0.3, -0.25) is 4.90 Å². The maximum absolute atomic E-state index is 12.2. The lowest BCUT2D eigenvalue weighted by Gasteiger charge is -2.50. The van der Waals surface area contributed by atoms with Crippen LogP contribution in [0.2, 0.25) is 0 Å². The van der Waals surface area contributed by atoms with Crippen LogP contribution >= 0.6 is 0 Å². The number of rotatable bonds is 2. The third-order valence-electron chi connectivity index (χ3n) is 3.88. The van der Waals surface area contributed by atoms with Gasteiger partial charge in [-0.25, -0.2) is 4.79 Å². The zero-order valence-electron chi connectivity index (χ0n) is 11.3. The number of fused-ring (bicyclic) bond motifs is 4. The van der Waals surface area contributed by atoms with E-state index in [9.17, 15) is 4.79 Å². The molecule has 2 aliphatic heterocycles. The summed E-state index contributed by atoms with van der Waals surface area (Å²) in [7, 11) is 0. The molecular formula is C15H18N2O2. The highest BCUT2D eigenvalue weighted by molar-refractivity contribution is 5.77. The lowest BCUT2D eigenvalue weighted by Crippen LogP contribution is -2.64. The Hall–Kier alpha value is -1.97. The predicted molar refractivity (Wildman–Crippen MR) is 73.0 cm³/mol. The molecule has 0 spiro atoms. The Morgan fingerprint density at radius 3 is 3.16 bits per heavy atom. The Balaban J connectivity index is 2.05. The molecule has 0 radical (unpaired) electrons. The van der Waals surface area contributed by atoms with Crippen molar-refractivity contribution in [3.8, 4) is 5.75 Å². The minimum Gasteiger partial charge on any atom is -0.468 e. The van der Waals surface area contributed by atoms with Crippen LogP contribution in [0.1, 0.15) is 30.5 Å². The first-order valence-electron chi connectivity index (χ1n) is 6.52. The molecule has 2 amide bonds. The largest absolute Gasteiger partial charge is 0.468 e. The molecule has 1 fully saturated rings. The smallest absolute Gasteiger partial charge is 0.321 e. The van der Waals surface area contributed by atoms with Crippen LogP contribution in [-0.4, -0.2) is 23.2 Å². The minimum absolute atomic E-state index is 0.0305. The molecule has 0 saturated carbocycles. The third-order valence-corrected chi connectivity index (χ3v) is 3.88. The van der Waals surface area contributed by atoms with Crippen LogP contribution in [-0.2, 0) is 0 Å². The summed E-state index contributed by atoms with van der Waals surface area (Å²) in [4.78, 5) is 13.9. The number of ether oxygens (including phenoxy) is 1. The normalized spacial score (nSPS) is 28.2. The molecule has 1 saturated heterocycles. The molecule has 1 aromatic carbocycles. The second kappa shape index (κ2) is 4.02. The summed E-state index contributed by atoms with van der Waals surface area (Å²) in [5.41, 5.74) is 1.63. The maximum Gasteiger partial charge on any atom is 0.321 e. The highest BCUT2D eigenvalue weighted by Gasteiger charge is 2.48. The van der Waals surface area contributed by atoms with Gasteiger partial charge in [-0.15, -0.1) is 6.58 Å². The van der Waals surface area contributed by atoms with E-state index in [2.05, 4.69) is 11.9 Å². The van der Waals surface area contributed by atoms with Gasteiger partial charge >= 0.3 is 6.03 Å². The number of carbonyl (C=O) groups excluding carboxylic acids is 1. The molecule has 1 aromatic rings. The Morgan fingerprint density at radius 1 is 1.63 bits per heavy atom. The summed E-state index contributed by atoms with van der Waals surface area (Å²) in [6, 6.07) is 6.06. The maximum atomic E-state index is 12.2. The van der Waals surface area contributed by atoms with Crippen molar-refractivity contribution in [2.24, 2.45) is 0 Å². The second-order valence-corrected chi connectivity index (χ2v) is 5.42. The summed E-state index contributed by atoms with van der Waals surface area (Å²) in [6.07, 6.45) is 2.48. The fourth-order valence-corrected chi connectivity index (χ4v) is 2.93. The van der Waals surface area contributed by atoms with Crippen LogP contribution in [0.5, 0.6) is 5.75 Å². The predicted octanol–water partition coefficient (Wildman–Crippen LogP) is 2.75. The molecule has 3 rings (SSSR count). The van der Waals surface area contributed by atoms with Crippen LogP contribution in [0.4, 0.5) is 4.79 Å². The number of urea groups is 1. The number of hydrogen-bond donors (Lipinski definition) is 1. The summed E-state index contributed by atoms with van der Waals surface area (Å²) in [5.74, 6) is 0.868. The van der Waals surface area contributed by atoms with Crippen molar-refractivity contribution >= 4 is 6.03 Å². The lowest BCUT2D eigenvalue weighted by atomic mass is 9.90. The first kappa shape index (κ1) is 12.1. The van der Waals surface area contributed by atoms with E-state index in [-0.39, 0.29) is 12.1 Å². The zero-order chi connectivity index (χ0) is 13.6. The van der Waals surface area contributed by atoms with Gasteiger partial charge in [-0.2, -0.15) is 0 Å². The van der Waals surface area contributed by atoms with Gasteiger partial charge in [-0.05, 0) is 25.5 Å². The van der Waals surface area contributed by atoms with Crippen LogP contribution in [0.3, 0.4) is 0 Å². The van der Waals surface area contributed by atoms with Gasteiger partial charge < -0.3 is 10.1 Å². The number of amides is 2. The van der Waals surface area contributed by atoms with E-state index >= 15 is 0 Å². The average molecular weight is 258 g/mol. The van der Waals surface area contributed by atoms with Gasteiger partial charge in [0.25, 0.3) is 0 Å². The van der Waals surface area contributed by atoms with Crippen molar-refractivity contribution in [3.05, 3.63) is 42.0 Å². The first-order valence-corrected chi connectivity index (χ1v) is 6.52. The number of nitrogens with zero attached hydrogens (tertiary/aromatic N) is 1. The highest BCUT2D eigenvalue weighted by Crippen LogP contribution is 2.44. The van der Waals surface area contributed by atoms with Crippen molar-refractivity contribution in [3.63, 3.8) is 0 Å². The molecule has 19 heavy (non-hydrogen) atoms. The molecule has 2 aliphatic rings. The van der Waals surface area contributed by atoms with Gasteiger partial charge in [0, 0.05) is 18.5 Å². The van der Waals surface area contributed by atoms with E-state index in [0.29, 0.717) is 6.54 Å². The van der Waals surface area contributed by atoms with Crippen molar-refractivity contribution in [2.75, 3.05) is 6.54 Å². The molecule has 1 N–H and O–H groups in total. The van der Waals surface area contributed by atoms with Gasteiger partial charge in [0.15, 0.2) is 5.72 Å². The Labute approximate surface area is 113 Å². The molecule has 2 atom stereocenters.